The van der Waals surface area contributed by atoms with Gasteiger partial charge in [-0.25, -0.2) is 0 Å². The van der Waals surface area contributed by atoms with E-state index in [1.165, 1.54) is 0 Å². The Morgan fingerprint density at radius 3 is 1.93 bits per heavy atom. The fourth-order valence-electron chi connectivity index (χ4n) is 6.28. The second kappa shape index (κ2) is 6.26. The number of carbonyl (C=O) groups is 1. The zero-order valence-electron chi connectivity index (χ0n) is 15.3. The van der Waals surface area contributed by atoms with E-state index >= 15 is 0 Å². The van der Waals surface area contributed by atoms with Crippen molar-refractivity contribution in [1.82, 2.24) is 0 Å². The minimum absolute atomic E-state index is 0.0764. The molecule has 3 nitrogen and oxygen atoms in total. The van der Waals surface area contributed by atoms with E-state index in [1.54, 1.807) is 0 Å². The van der Waals surface area contributed by atoms with Crippen LogP contribution in [0.2, 0.25) is 0 Å². The van der Waals surface area contributed by atoms with Crippen molar-refractivity contribution in [3.05, 3.63) is 0 Å². The Kier molecular flexibility index (Phi) is 4.80. The lowest BCUT2D eigenvalue weighted by molar-refractivity contribution is -0.396. The second-order valence-corrected chi connectivity index (χ2v) is 8.54. The highest BCUT2D eigenvalue weighted by atomic mass is 19.4. The molecule has 3 rings (SSSR count). The van der Waals surface area contributed by atoms with Crippen molar-refractivity contribution in [1.29, 1.82) is 0 Å². The number of alkyl halides is 6. The summed E-state index contributed by atoms with van der Waals surface area (Å²) >= 11 is 0. The fourth-order valence-corrected chi connectivity index (χ4v) is 6.28. The Morgan fingerprint density at radius 1 is 0.926 bits per heavy atom. The first-order valence-corrected chi connectivity index (χ1v) is 9.24. The molecule has 0 spiro atoms. The van der Waals surface area contributed by atoms with Crippen LogP contribution in [0.25, 0.3) is 0 Å². The molecule has 2 bridgehead atoms. The van der Waals surface area contributed by atoms with E-state index < -0.39 is 48.3 Å². The summed E-state index contributed by atoms with van der Waals surface area (Å²) in [7, 11) is 0. The third-order valence-corrected chi connectivity index (χ3v) is 7.55. The molecule has 0 aromatic rings. The first-order chi connectivity index (χ1) is 12.2. The first kappa shape index (κ1) is 20.7. The highest BCUT2D eigenvalue weighted by molar-refractivity contribution is 5.66. The molecule has 0 aromatic heterocycles. The molecule has 8 atom stereocenters. The molecular formula is C18H24F6O3. The monoisotopic (exact) mass is 402 g/mol. The number of hydrogen-bond acceptors (Lipinski definition) is 3. The molecule has 0 aliphatic heterocycles. The molecule has 3 aliphatic rings. The quantitative estimate of drug-likeness (QED) is 0.552. The number of fused-ring (bicyclic) bond motifs is 5. The molecule has 0 saturated heterocycles. The van der Waals surface area contributed by atoms with Gasteiger partial charge in [-0.05, 0) is 48.9 Å². The molecule has 3 saturated carbocycles. The molecule has 0 heterocycles. The van der Waals surface area contributed by atoms with Gasteiger partial charge in [0.1, 0.15) is 6.10 Å². The second-order valence-electron chi connectivity index (χ2n) is 8.54. The molecule has 27 heavy (non-hydrogen) atoms. The lowest BCUT2D eigenvalue weighted by Crippen LogP contribution is -2.67. The Balaban J connectivity index is 2.05. The van der Waals surface area contributed by atoms with E-state index in [9.17, 15) is 36.2 Å². The molecule has 1 N–H and O–H groups in total. The summed E-state index contributed by atoms with van der Waals surface area (Å²) in [5.74, 6) is -3.29. The van der Waals surface area contributed by atoms with Gasteiger partial charge in [0.15, 0.2) is 0 Å². The van der Waals surface area contributed by atoms with Gasteiger partial charge in [-0.1, -0.05) is 13.8 Å². The van der Waals surface area contributed by atoms with Crippen molar-refractivity contribution in [3.8, 4) is 0 Å². The lowest BCUT2D eigenvalue weighted by atomic mass is 9.58. The van der Waals surface area contributed by atoms with E-state index in [0.29, 0.717) is 5.92 Å². The number of carbonyl (C=O) groups excluding carboxylic acids is 1. The van der Waals surface area contributed by atoms with Crippen LogP contribution >= 0.6 is 0 Å². The molecule has 3 fully saturated rings. The van der Waals surface area contributed by atoms with Crippen LogP contribution in [0.4, 0.5) is 26.3 Å². The summed E-state index contributed by atoms with van der Waals surface area (Å²) in [6.45, 7) is 4.97. The molecule has 156 valence electrons. The fraction of sp³-hybridized carbons (Fsp3) is 0.944. The Hall–Kier alpha value is -0.990. The smallest absolute Gasteiger partial charge is 0.426 e. The van der Waals surface area contributed by atoms with Gasteiger partial charge >= 0.3 is 18.3 Å². The van der Waals surface area contributed by atoms with Crippen LogP contribution in [-0.2, 0) is 9.53 Å². The van der Waals surface area contributed by atoms with Gasteiger partial charge in [0.05, 0.1) is 0 Å². The Bertz CT molecular complexity index is 585. The summed E-state index contributed by atoms with van der Waals surface area (Å²) < 4.78 is 85.8. The maximum Gasteiger partial charge on any atom is 0.426 e. The summed E-state index contributed by atoms with van der Waals surface area (Å²) in [5.41, 5.74) is -4.90. The first-order valence-electron chi connectivity index (χ1n) is 9.24. The van der Waals surface area contributed by atoms with Gasteiger partial charge in [0.25, 0.3) is 5.60 Å². The molecule has 3 aliphatic carbocycles. The third-order valence-electron chi connectivity index (χ3n) is 7.55. The summed E-state index contributed by atoms with van der Waals surface area (Å²) in [6.07, 6.45) is -13.0. The SMILES string of the molecule is CC(=O)OC1C2C3CC(C(C)C3C)C2CCC1C(O)(C(F)(F)F)C(F)(F)F. The highest BCUT2D eigenvalue weighted by Crippen LogP contribution is 2.65. The average molecular weight is 402 g/mol. The van der Waals surface area contributed by atoms with Crippen LogP contribution in [0.15, 0.2) is 0 Å². The van der Waals surface area contributed by atoms with Crippen LogP contribution in [0, 0.1) is 41.4 Å². The maximum absolute atomic E-state index is 13.5. The number of hydrogen-bond donors (Lipinski definition) is 1. The van der Waals surface area contributed by atoms with Gasteiger partial charge in [0, 0.05) is 18.8 Å². The van der Waals surface area contributed by atoms with Crippen LogP contribution in [0.3, 0.4) is 0 Å². The van der Waals surface area contributed by atoms with Crippen LogP contribution in [-0.4, -0.2) is 35.1 Å². The van der Waals surface area contributed by atoms with E-state index in [0.717, 1.165) is 13.3 Å². The summed E-state index contributed by atoms with van der Waals surface area (Å²) in [5, 5.41) is 9.96. The zero-order valence-corrected chi connectivity index (χ0v) is 15.3. The molecule has 9 heteroatoms. The Labute approximate surface area is 153 Å². The van der Waals surface area contributed by atoms with Crippen molar-refractivity contribution in [2.75, 3.05) is 0 Å². The normalized spacial score (nSPS) is 42.1. The van der Waals surface area contributed by atoms with Crippen molar-refractivity contribution in [2.24, 2.45) is 41.4 Å². The molecule has 8 unspecified atom stereocenters. The number of rotatable bonds is 2. The standard InChI is InChI=1S/C18H24F6O3/c1-7-8(2)12-6-11(7)10-4-5-13(15(14(10)12)27-9(3)25)16(26,17(19,20)21)18(22,23)24/h7-8,10-15,26H,4-6H2,1-3H3. The zero-order chi connectivity index (χ0) is 20.5. The van der Waals surface area contributed by atoms with E-state index in [-0.39, 0.29) is 30.1 Å². The third kappa shape index (κ3) is 2.86. The molecular weight excluding hydrogens is 378 g/mol. The van der Waals surface area contributed by atoms with Crippen molar-refractivity contribution in [3.63, 3.8) is 0 Å². The van der Waals surface area contributed by atoms with Gasteiger partial charge in [-0.15, -0.1) is 0 Å². The van der Waals surface area contributed by atoms with Gasteiger partial charge in [0.2, 0.25) is 0 Å². The number of ether oxygens (including phenoxy) is 1. The lowest BCUT2D eigenvalue weighted by Gasteiger charge is -2.52. The predicted molar refractivity (Wildman–Crippen MR) is 82.2 cm³/mol. The van der Waals surface area contributed by atoms with E-state index in [4.69, 9.17) is 4.74 Å². The highest BCUT2D eigenvalue weighted by Gasteiger charge is 2.77. The minimum atomic E-state index is -5.92. The van der Waals surface area contributed by atoms with Gasteiger partial charge < -0.3 is 9.84 Å². The predicted octanol–water partition coefficient (Wildman–Crippen LogP) is 4.34. The average Bonchev–Trinajstić information content (AvgIpc) is 3.02. The van der Waals surface area contributed by atoms with Crippen LogP contribution in [0.5, 0.6) is 0 Å². The van der Waals surface area contributed by atoms with Gasteiger partial charge in [-0.3, -0.25) is 4.79 Å². The van der Waals surface area contributed by atoms with Crippen molar-refractivity contribution < 1.29 is 41.0 Å². The largest absolute Gasteiger partial charge is 0.462 e. The topological polar surface area (TPSA) is 46.5 Å². The van der Waals surface area contributed by atoms with Gasteiger partial charge in [-0.2, -0.15) is 26.3 Å². The number of esters is 1. The number of halogens is 6. The number of aliphatic hydroxyl groups is 1. The van der Waals surface area contributed by atoms with Crippen LogP contribution < -0.4 is 0 Å². The van der Waals surface area contributed by atoms with E-state index in [1.807, 2.05) is 6.92 Å². The summed E-state index contributed by atoms with van der Waals surface area (Å²) in [6, 6.07) is 0. The molecule has 0 radical (unpaired) electrons. The van der Waals surface area contributed by atoms with E-state index in [2.05, 4.69) is 6.92 Å². The maximum atomic E-state index is 13.5. The van der Waals surface area contributed by atoms with Crippen molar-refractivity contribution >= 4 is 5.97 Å². The summed E-state index contributed by atoms with van der Waals surface area (Å²) in [4.78, 5) is 11.6. The molecule has 0 amide bonds. The van der Waals surface area contributed by atoms with Crippen molar-refractivity contribution in [2.45, 2.75) is 64.1 Å². The minimum Gasteiger partial charge on any atom is -0.462 e. The molecule has 0 aromatic carbocycles. The Morgan fingerprint density at radius 2 is 1.44 bits per heavy atom. The van der Waals surface area contributed by atoms with Crippen LogP contribution in [0.1, 0.15) is 40.0 Å².